The largest absolute Gasteiger partial charge is 0.344 e. The minimum absolute atomic E-state index is 0.645. The maximum absolute atomic E-state index is 4.95. The highest BCUT2D eigenvalue weighted by molar-refractivity contribution is 6.02. The van der Waals surface area contributed by atoms with Crippen molar-refractivity contribution in [2.24, 2.45) is 4.99 Å². The molecule has 1 aromatic rings. The zero-order valence-electron chi connectivity index (χ0n) is 22.8. The number of hydrogen-bond acceptors (Lipinski definition) is 2. The molecule has 0 unspecified atom stereocenters. The van der Waals surface area contributed by atoms with Gasteiger partial charge in [-0.25, -0.2) is 0 Å². The van der Waals surface area contributed by atoms with Crippen LogP contribution in [-0.2, 0) is 6.54 Å². The summed E-state index contributed by atoms with van der Waals surface area (Å²) in [5, 5.41) is 3.57. The van der Waals surface area contributed by atoms with Gasteiger partial charge in [-0.1, -0.05) is 91.0 Å². The number of nitrogens with one attached hydrogen (secondary N) is 1. The minimum atomic E-state index is 0.645. The number of pyridine rings is 1. The first-order valence-corrected chi connectivity index (χ1v) is 12.7. The molecule has 32 heavy (non-hydrogen) atoms. The van der Waals surface area contributed by atoms with Gasteiger partial charge in [0.2, 0.25) is 0 Å². The third-order valence-corrected chi connectivity index (χ3v) is 4.39. The molecule has 1 N–H and O–H groups in total. The number of aromatic nitrogens is 1. The van der Waals surface area contributed by atoms with Gasteiger partial charge < -0.3 is 5.32 Å². The fourth-order valence-corrected chi connectivity index (χ4v) is 2.77. The van der Waals surface area contributed by atoms with Gasteiger partial charge in [0.05, 0.1) is 6.54 Å². The van der Waals surface area contributed by atoms with Gasteiger partial charge in [-0.2, -0.15) is 0 Å². The monoisotopic (exact) mass is 441 g/mol. The summed E-state index contributed by atoms with van der Waals surface area (Å²) in [6, 6.07) is 4.04. The molecule has 0 aromatic carbocycles. The van der Waals surface area contributed by atoms with Crippen LogP contribution in [0.25, 0.3) is 0 Å². The Balaban J connectivity index is 0. The van der Waals surface area contributed by atoms with E-state index in [4.69, 9.17) is 4.99 Å². The Morgan fingerprint density at radius 1 is 0.969 bits per heavy atom. The highest BCUT2D eigenvalue weighted by Crippen LogP contribution is 2.17. The predicted octanol–water partition coefficient (Wildman–Crippen LogP) is 9.19. The van der Waals surface area contributed by atoms with Crippen LogP contribution in [0.2, 0.25) is 0 Å². The summed E-state index contributed by atoms with van der Waals surface area (Å²) in [6.45, 7) is 22.0. The van der Waals surface area contributed by atoms with Crippen LogP contribution in [0.5, 0.6) is 0 Å². The average Bonchev–Trinajstić information content (AvgIpc) is 2.80. The van der Waals surface area contributed by atoms with Crippen LogP contribution >= 0.6 is 0 Å². The van der Waals surface area contributed by atoms with Crippen LogP contribution in [0.1, 0.15) is 113 Å². The minimum Gasteiger partial charge on any atom is -0.344 e. The smallest absolute Gasteiger partial charge is 0.132 e. The lowest BCUT2D eigenvalue weighted by molar-refractivity contribution is 0.857. The van der Waals surface area contributed by atoms with Crippen LogP contribution in [0, 0.1) is 0 Å². The molecule has 0 aliphatic carbocycles. The van der Waals surface area contributed by atoms with Crippen LogP contribution in [-0.4, -0.2) is 10.8 Å². The first-order chi connectivity index (χ1) is 15.4. The van der Waals surface area contributed by atoms with Gasteiger partial charge >= 0.3 is 0 Å². The Labute approximate surface area is 200 Å². The molecule has 0 spiro atoms. The molecule has 0 radical (unpaired) electrons. The summed E-state index contributed by atoms with van der Waals surface area (Å²) >= 11 is 0. The lowest BCUT2D eigenvalue weighted by Gasteiger charge is -2.15. The number of allylic oxidation sites excluding steroid dienone is 4. The molecule has 0 aliphatic rings. The Morgan fingerprint density at radius 3 is 2.03 bits per heavy atom. The number of nitrogens with zero attached hydrogens (tertiary/aromatic N) is 2. The number of amidine groups is 1. The Kier molecular flexibility index (Phi) is 22.1. The summed E-state index contributed by atoms with van der Waals surface area (Å²) in [5.41, 5.74) is 6.29. The van der Waals surface area contributed by atoms with Crippen molar-refractivity contribution in [3.8, 4) is 0 Å². The SMILES string of the molecule is CC.CCC.CCC/C=C(\C)NC(=NCc1ccncc1)C(/C=C(/CC)CCC)=C(C)C. The number of unbranched alkanes of at least 4 members (excludes halogenated alkanes) is 1. The van der Waals surface area contributed by atoms with Crippen LogP contribution in [0.15, 0.2) is 64.1 Å². The van der Waals surface area contributed by atoms with Crippen molar-refractivity contribution in [1.82, 2.24) is 10.3 Å². The lowest BCUT2D eigenvalue weighted by atomic mass is 10.0. The van der Waals surface area contributed by atoms with Crippen molar-refractivity contribution in [1.29, 1.82) is 0 Å². The highest BCUT2D eigenvalue weighted by atomic mass is 15.0. The van der Waals surface area contributed by atoms with Crippen molar-refractivity contribution < 1.29 is 0 Å². The van der Waals surface area contributed by atoms with Crippen LogP contribution < -0.4 is 5.32 Å². The van der Waals surface area contributed by atoms with Gasteiger partial charge in [0, 0.05) is 23.7 Å². The third kappa shape index (κ3) is 15.6. The van der Waals surface area contributed by atoms with E-state index in [1.165, 1.54) is 35.1 Å². The maximum atomic E-state index is 4.95. The Hall–Kier alpha value is -2.16. The molecule has 3 heteroatoms. The molecule has 3 nitrogen and oxygen atoms in total. The van der Waals surface area contributed by atoms with E-state index in [0.29, 0.717) is 6.54 Å². The van der Waals surface area contributed by atoms with Crippen molar-refractivity contribution >= 4 is 5.84 Å². The van der Waals surface area contributed by atoms with E-state index in [1.54, 1.807) is 0 Å². The topological polar surface area (TPSA) is 37.3 Å². The van der Waals surface area contributed by atoms with Gasteiger partial charge in [0.15, 0.2) is 0 Å². The number of rotatable bonds is 10. The normalized spacial score (nSPS) is 11.6. The van der Waals surface area contributed by atoms with Crippen molar-refractivity contribution in [2.75, 3.05) is 0 Å². The molecule has 1 rings (SSSR count). The van der Waals surface area contributed by atoms with E-state index in [1.807, 2.05) is 38.4 Å². The molecular weight excluding hydrogens is 390 g/mol. The molecule has 0 aliphatic heterocycles. The van der Waals surface area contributed by atoms with Gasteiger partial charge in [-0.15, -0.1) is 0 Å². The van der Waals surface area contributed by atoms with E-state index in [-0.39, 0.29) is 0 Å². The van der Waals surface area contributed by atoms with Crippen molar-refractivity contribution in [3.05, 3.63) is 64.7 Å². The average molecular weight is 442 g/mol. The van der Waals surface area contributed by atoms with E-state index in [0.717, 1.165) is 37.2 Å². The zero-order valence-corrected chi connectivity index (χ0v) is 22.8. The Morgan fingerprint density at radius 2 is 1.56 bits per heavy atom. The molecule has 1 heterocycles. The van der Waals surface area contributed by atoms with E-state index in [9.17, 15) is 0 Å². The summed E-state index contributed by atoms with van der Waals surface area (Å²) in [7, 11) is 0. The van der Waals surface area contributed by atoms with Crippen molar-refractivity contribution in [3.63, 3.8) is 0 Å². The Bertz CT molecular complexity index is 690. The second-order valence-electron chi connectivity index (χ2n) is 7.85. The fourth-order valence-electron chi connectivity index (χ4n) is 2.77. The molecule has 0 atom stereocenters. The fraction of sp³-hybridized carbons (Fsp3) is 0.586. The van der Waals surface area contributed by atoms with E-state index < -0.39 is 0 Å². The van der Waals surface area contributed by atoms with Crippen LogP contribution in [0.3, 0.4) is 0 Å². The second kappa shape index (κ2) is 22.0. The van der Waals surface area contributed by atoms with Gasteiger partial charge in [0.1, 0.15) is 5.84 Å². The summed E-state index contributed by atoms with van der Waals surface area (Å²) in [4.78, 5) is 9.04. The number of hydrogen-bond donors (Lipinski definition) is 1. The first kappa shape index (κ1) is 32.0. The van der Waals surface area contributed by atoms with E-state index >= 15 is 0 Å². The standard InChI is InChI=1S/C24H37N3.C3H8.C2H6/c1-7-10-12-20(6)27-24(26-18-22-13-15-25-16-14-22)23(19(4)5)17-21(9-3)11-8-2;1-3-2;1-2/h12-17H,7-11,18H2,1-6H3,(H,26,27);3H2,1-2H3;1-2H3/b20-12+,21-17-;;. The van der Waals surface area contributed by atoms with Gasteiger partial charge in [-0.05, 0) is 57.7 Å². The maximum Gasteiger partial charge on any atom is 0.132 e. The van der Waals surface area contributed by atoms with Crippen LogP contribution in [0.4, 0.5) is 0 Å². The highest BCUT2D eigenvalue weighted by Gasteiger charge is 2.09. The molecule has 1 aromatic heterocycles. The quantitative estimate of drug-likeness (QED) is 0.223. The van der Waals surface area contributed by atoms with Crippen molar-refractivity contribution in [2.45, 2.75) is 114 Å². The van der Waals surface area contributed by atoms with E-state index in [2.05, 4.69) is 77.8 Å². The summed E-state index contributed by atoms with van der Waals surface area (Å²) < 4.78 is 0. The first-order valence-electron chi connectivity index (χ1n) is 12.7. The molecule has 0 amide bonds. The molecule has 0 saturated carbocycles. The molecule has 0 bridgehead atoms. The van der Waals surface area contributed by atoms with Gasteiger partial charge in [0.25, 0.3) is 0 Å². The summed E-state index contributed by atoms with van der Waals surface area (Å²) in [6.07, 6.45) is 15.1. The molecule has 0 fully saturated rings. The number of aliphatic imine (C=N–C) groups is 1. The summed E-state index contributed by atoms with van der Waals surface area (Å²) in [5.74, 6) is 0.957. The molecular formula is C29H51N3. The lowest BCUT2D eigenvalue weighted by Crippen LogP contribution is -2.24. The molecule has 182 valence electrons. The second-order valence-corrected chi connectivity index (χ2v) is 7.85. The third-order valence-electron chi connectivity index (χ3n) is 4.39. The molecule has 0 saturated heterocycles. The van der Waals surface area contributed by atoms with Gasteiger partial charge in [-0.3, -0.25) is 9.98 Å². The predicted molar refractivity (Wildman–Crippen MR) is 146 cm³/mol. The zero-order chi connectivity index (χ0) is 24.8.